The largest absolute Gasteiger partial charge is 0.340 e. The number of unbranched alkanes of at least 4 members (excludes halogenated alkanes) is 1. The second kappa shape index (κ2) is 5.66. The zero-order chi connectivity index (χ0) is 13.0. The lowest BCUT2D eigenvalue weighted by Gasteiger charge is -2.24. The lowest BCUT2D eigenvalue weighted by molar-refractivity contribution is -0.131. The third kappa shape index (κ3) is 2.88. The van der Waals surface area contributed by atoms with Gasteiger partial charge in [0.05, 0.1) is 12.5 Å². The molecule has 0 spiro atoms. The number of H-pyrrole nitrogens is 2. The number of aromatic nitrogens is 3. The number of hydrogen-bond acceptors (Lipinski definition) is 3. The normalized spacial score (nSPS) is 18.5. The molecule has 98 valence electrons. The first-order valence-corrected chi connectivity index (χ1v) is 6.30. The van der Waals surface area contributed by atoms with Crippen molar-refractivity contribution in [1.29, 1.82) is 0 Å². The molecule has 1 aliphatic heterocycles. The van der Waals surface area contributed by atoms with Crippen molar-refractivity contribution in [3.8, 4) is 0 Å². The molecule has 1 aliphatic rings. The van der Waals surface area contributed by atoms with Crippen molar-refractivity contribution in [2.45, 2.75) is 38.6 Å². The Morgan fingerprint density at radius 1 is 1.61 bits per heavy atom. The fraction of sp³-hybridized carbons (Fsp3) is 0.583. The summed E-state index contributed by atoms with van der Waals surface area (Å²) < 4.78 is 0. The van der Waals surface area contributed by atoms with Gasteiger partial charge < -0.3 is 4.90 Å². The summed E-state index contributed by atoms with van der Waals surface area (Å²) in [6.07, 6.45) is 7.47. The predicted octanol–water partition coefficient (Wildman–Crippen LogP) is 0.598. The molecule has 2 rings (SSSR count). The molecular weight excluding hydrogens is 232 g/mol. The number of carbonyl (C=O) groups excluding carboxylic acids is 1. The van der Waals surface area contributed by atoms with E-state index in [9.17, 15) is 9.59 Å². The van der Waals surface area contributed by atoms with Crippen molar-refractivity contribution in [3.05, 3.63) is 28.5 Å². The number of nitrogens with zero attached hydrogens (tertiary/aromatic N) is 2. The first kappa shape index (κ1) is 12.6. The average molecular weight is 250 g/mol. The maximum atomic E-state index is 12.1. The molecule has 1 atom stereocenters. The molecule has 0 saturated carbocycles. The average Bonchev–Trinajstić information content (AvgIpc) is 2.95. The van der Waals surface area contributed by atoms with Crippen LogP contribution in [0.2, 0.25) is 0 Å². The van der Waals surface area contributed by atoms with Gasteiger partial charge in [-0.1, -0.05) is 31.9 Å². The first-order chi connectivity index (χ1) is 8.70. The third-order valence-electron chi connectivity index (χ3n) is 3.10. The Kier molecular flexibility index (Phi) is 3.96. The molecule has 6 nitrogen and oxygen atoms in total. The Morgan fingerprint density at radius 2 is 2.44 bits per heavy atom. The number of aromatic amines is 2. The van der Waals surface area contributed by atoms with Crippen molar-refractivity contribution in [2.75, 3.05) is 6.54 Å². The van der Waals surface area contributed by atoms with E-state index < -0.39 is 0 Å². The quantitative estimate of drug-likeness (QED) is 0.751. The third-order valence-corrected chi connectivity index (χ3v) is 3.10. The van der Waals surface area contributed by atoms with E-state index in [2.05, 4.69) is 28.2 Å². The van der Waals surface area contributed by atoms with Crippen LogP contribution in [0.15, 0.2) is 16.9 Å². The molecule has 6 heteroatoms. The molecule has 2 heterocycles. The van der Waals surface area contributed by atoms with E-state index in [0.29, 0.717) is 12.4 Å². The fourth-order valence-electron chi connectivity index (χ4n) is 2.16. The number of carbonyl (C=O) groups is 1. The monoisotopic (exact) mass is 250 g/mol. The van der Waals surface area contributed by atoms with Gasteiger partial charge in [0.1, 0.15) is 5.82 Å². The van der Waals surface area contributed by atoms with E-state index in [4.69, 9.17) is 0 Å². The number of amides is 1. The highest BCUT2D eigenvalue weighted by Crippen LogP contribution is 2.16. The van der Waals surface area contributed by atoms with Gasteiger partial charge in [-0.3, -0.25) is 9.78 Å². The highest BCUT2D eigenvalue weighted by atomic mass is 16.2. The minimum Gasteiger partial charge on any atom is -0.332 e. The van der Waals surface area contributed by atoms with Crippen LogP contribution in [0.25, 0.3) is 0 Å². The van der Waals surface area contributed by atoms with Gasteiger partial charge in [-0.15, -0.1) is 0 Å². The van der Waals surface area contributed by atoms with Crippen LogP contribution in [0.5, 0.6) is 0 Å². The zero-order valence-corrected chi connectivity index (χ0v) is 10.5. The Bertz CT molecular complexity index is 488. The Hall–Kier alpha value is -1.85. The van der Waals surface area contributed by atoms with Gasteiger partial charge >= 0.3 is 5.69 Å². The summed E-state index contributed by atoms with van der Waals surface area (Å²) in [5.74, 6) is 0.398. The minimum atomic E-state index is -0.375. The Morgan fingerprint density at radius 3 is 3.11 bits per heavy atom. The van der Waals surface area contributed by atoms with Crippen LogP contribution in [0.1, 0.15) is 32.0 Å². The summed E-state index contributed by atoms with van der Waals surface area (Å²) in [5, 5.41) is 6.02. The van der Waals surface area contributed by atoms with E-state index in [1.54, 1.807) is 0 Å². The smallest absolute Gasteiger partial charge is 0.332 e. The first-order valence-electron chi connectivity index (χ1n) is 6.30. The molecule has 0 radical (unpaired) electrons. The van der Waals surface area contributed by atoms with Crippen LogP contribution >= 0.6 is 0 Å². The number of nitrogens with one attached hydrogen (secondary N) is 2. The summed E-state index contributed by atoms with van der Waals surface area (Å²) in [5.41, 5.74) is -0.375. The Labute approximate surface area is 105 Å². The zero-order valence-electron chi connectivity index (χ0n) is 10.5. The maximum absolute atomic E-state index is 12.1. The van der Waals surface area contributed by atoms with Gasteiger partial charge in [0.2, 0.25) is 5.91 Å². The highest BCUT2D eigenvalue weighted by Gasteiger charge is 2.24. The standard InChI is InChI=1S/C12H18N4O2/c1-2-3-5-9-6-4-7-16(9)11(17)8-10-13-12(18)15-14-10/h4,6,9H,2-3,5,7-8H2,1H3,(H2,13,14,15,18). The van der Waals surface area contributed by atoms with E-state index in [1.165, 1.54) is 0 Å². The summed E-state index contributed by atoms with van der Waals surface area (Å²) in [6.45, 7) is 2.79. The van der Waals surface area contributed by atoms with Gasteiger partial charge in [0.25, 0.3) is 0 Å². The Balaban J connectivity index is 1.94. The molecule has 0 aliphatic carbocycles. The summed E-state index contributed by atoms with van der Waals surface area (Å²) >= 11 is 0. The predicted molar refractivity (Wildman–Crippen MR) is 67.1 cm³/mol. The van der Waals surface area contributed by atoms with Crippen LogP contribution in [-0.4, -0.2) is 38.6 Å². The van der Waals surface area contributed by atoms with Crippen molar-refractivity contribution in [1.82, 2.24) is 20.1 Å². The molecular formula is C12H18N4O2. The van der Waals surface area contributed by atoms with Gasteiger partial charge in [-0.2, -0.15) is 5.10 Å². The van der Waals surface area contributed by atoms with Gasteiger partial charge in [-0.05, 0) is 6.42 Å². The van der Waals surface area contributed by atoms with Crippen molar-refractivity contribution >= 4 is 5.91 Å². The molecule has 1 amide bonds. The topological polar surface area (TPSA) is 81.8 Å². The summed E-state index contributed by atoms with van der Waals surface area (Å²) in [6, 6.07) is 0.197. The van der Waals surface area contributed by atoms with Crippen LogP contribution in [0.3, 0.4) is 0 Å². The molecule has 1 aromatic heterocycles. The van der Waals surface area contributed by atoms with Crippen molar-refractivity contribution in [3.63, 3.8) is 0 Å². The molecule has 2 N–H and O–H groups in total. The van der Waals surface area contributed by atoms with E-state index in [1.807, 2.05) is 11.0 Å². The van der Waals surface area contributed by atoms with Crippen LogP contribution < -0.4 is 5.69 Å². The minimum absolute atomic E-state index is 0.00357. The van der Waals surface area contributed by atoms with E-state index in [0.717, 1.165) is 19.3 Å². The van der Waals surface area contributed by atoms with Crippen molar-refractivity contribution in [2.24, 2.45) is 0 Å². The van der Waals surface area contributed by atoms with E-state index in [-0.39, 0.29) is 24.1 Å². The van der Waals surface area contributed by atoms with E-state index >= 15 is 0 Å². The molecule has 1 aromatic rings. The summed E-state index contributed by atoms with van der Waals surface area (Å²) in [7, 11) is 0. The van der Waals surface area contributed by atoms with Gasteiger partial charge in [0.15, 0.2) is 0 Å². The number of hydrogen-bond donors (Lipinski definition) is 2. The SMILES string of the molecule is CCCCC1C=CCN1C(=O)Cc1n[nH]c(=O)[nH]1. The molecule has 0 saturated heterocycles. The lowest BCUT2D eigenvalue weighted by atomic mass is 10.1. The molecule has 0 aromatic carbocycles. The molecule has 0 fully saturated rings. The van der Waals surface area contributed by atoms with Crippen LogP contribution in [-0.2, 0) is 11.2 Å². The fourth-order valence-corrected chi connectivity index (χ4v) is 2.16. The molecule has 0 bridgehead atoms. The second-order valence-corrected chi connectivity index (χ2v) is 4.49. The lowest BCUT2D eigenvalue weighted by Crippen LogP contribution is -2.37. The summed E-state index contributed by atoms with van der Waals surface area (Å²) in [4.78, 5) is 27.3. The number of rotatable bonds is 5. The molecule has 1 unspecified atom stereocenters. The van der Waals surface area contributed by atoms with Crippen molar-refractivity contribution < 1.29 is 4.79 Å². The second-order valence-electron chi connectivity index (χ2n) is 4.49. The van der Waals surface area contributed by atoms with Gasteiger partial charge in [0, 0.05) is 6.54 Å². The maximum Gasteiger partial charge on any atom is 0.340 e. The molecule has 18 heavy (non-hydrogen) atoms. The van der Waals surface area contributed by atoms with Gasteiger partial charge in [-0.25, -0.2) is 9.89 Å². The van der Waals surface area contributed by atoms with Crippen LogP contribution in [0.4, 0.5) is 0 Å². The van der Waals surface area contributed by atoms with Crippen LogP contribution in [0, 0.1) is 0 Å². The highest BCUT2D eigenvalue weighted by molar-refractivity contribution is 5.79.